The SMILES string of the molecule is CCn1c(SCC(=O)Nc2sc3c(c2C#N)CC[C@H](C(C)(C)CC)C3)nnc1-c1ccc(Cl)cc1Cl. The van der Waals surface area contributed by atoms with Crippen LogP contribution in [-0.2, 0) is 24.2 Å². The van der Waals surface area contributed by atoms with Gasteiger partial charge in [0.15, 0.2) is 11.0 Å². The van der Waals surface area contributed by atoms with Gasteiger partial charge in [0.2, 0.25) is 5.91 Å². The number of hydrogen-bond donors (Lipinski definition) is 1. The predicted octanol–water partition coefficient (Wildman–Crippen LogP) is 7.48. The maximum atomic E-state index is 12.9. The van der Waals surface area contributed by atoms with E-state index >= 15 is 0 Å². The summed E-state index contributed by atoms with van der Waals surface area (Å²) in [6.07, 6.45) is 4.06. The Balaban J connectivity index is 1.46. The van der Waals surface area contributed by atoms with E-state index < -0.39 is 0 Å². The van der Waals surface area contributed by atoms with E-state index in [0.717, 1.165) is 36.8 Å². The molecule has 4 rings (SSSR count). The molecule has 36 heavy (non-hydrogen) atoms. The van der Waals surface area contributed by atoms with Gasteiger partial charge < -0.3 is 9.88 Å². The van der Waals surface area contributed by atoms with E-state index in [-0.39, 0.29) is 17.1 Å². The molecule has 0 aliphatic heterocycles. The fraction of sp³-hybridized carbons (Fsp3) is 0.462. The largest absolute Gasteiger partial charge is 0.316 e. The van der Waals surface area contributed by atoms with Gasteiger partial charge in [-0.2, -0.15) is 5.26 Å². The molecule has 190 valence electrons. The summed E-state index contributed by atoms with van der Waals surface area (Å²) in [5.74, 6) is 1.20. The molecular weight excluding hydrogens is 533 g/mol. The molecule has 0 saturated carbocycles. The predicted molar refractivity (Wildman–Crippen MR) is 149 cm³/mol. The minimum Gasteiger partial charge on any atom is -0.316 e. The first kappa shape index (κ1) is 27.0. The average Bonchev–Trinajstić information content (AvgIpc) is 3.42. The Morgan fingerprint density at radius 2 is 2.11 bits per heavy atom. The van der Waals surface area contributed by atoms with Crippen LogP contribution in [0.25, 0.3) is 11.4 Å². The van der Waals surface area contributed by atoms with Crippen LogP contribution < -0.4 is 5.32 Å². The van der Waals surface area contributed by atoms with Crippen LogP contribution in [0.1, 0.15) is 56.5 Å². The summed E-state index contributed by atoms with van der Waals surface area (Å²) in [5, 5.41) is 23.8. The molecule has 10 heteroatoms. The van der Waals surface area contributed by atoms with Crippen molar-refractivity contribution in [3.05, 3.63) is 44.2 Å². The fourth-order valence-electron chi connectivity index (χ4n) is 4.59. The van der Waals surface area contributed by atoms with Crippen molar-refractivity contribution in [1.29, 1.82) is 5.26 Å². The van der Waals surface area contributed by atoms with E-state index in [2.05, 4.69) is 42.4 Å². The van der Waals surface area contributed by atoms with Crippen molar-refractivity contribution in [3.8, 4) is 17.5 Å². The van der Waals surface area contributed by atoms with E-state index in [1.165, 1.54) is 16.6 Å². The minimum absolute atomic E-state index is 0.158. The lowest BCUT2D eigenvalue weighted by Crippen LogP contribution is -2.28. The maximum Gasteiger partial charge on any atom is 0.235 e. The van der Waals surface area contributed by atoms with Crippen LogP contribution in [0, 0.1) is 22.7 Å². The van der Waals surface area contributed by atoms with Crippen LogP contribution >= 0.6 is 46.3 Å². The summed E-state index contributed by atoms with van der Waals surface area (Å²) < 4.78 is 1.92. The molecule has 2 aromatic heterocycles. The van der Waals surface area contributed by atoms with Gasteiger partial charge in [-0.1, -0.05) is 62.2 Å². The summed E-state index contributed by atoms with van der Waals surface area (Å²) >= 11 is 15.3. The highest BCUT2D eigenvalue weighted by Crippen LogP contribution is 2.45. The second-order valence-corrected chi connectivity index (χ2v) is 12.5. The molecular formula is C26H29Cl2N5OS2. The first-order valence-corrected chi connectivity index (χ1v) is 14.6. The van der Waals surface area contributed by atoms with E-state index in [1.54, 1.807) is 23.5 Å². The van der Waals surface area contributed by atoms with Gasteiger partial charge in [-0.3, -0.25) is 4.79 Å². The normalized spacial score (nSPS) is 15.4. The zero-order valence-electron chi connectivity index (χ0n) is 20.8. The summed E-state index contributed by atoms with van der Waals surface area (Å²) in [5.41, 5.74) is 2.74. The van der Waals surface area contributed by atoms with Crippen molar-refractivity contribution in [2.75, 3.05) is 11.1 Å². The van der Waals surface area contributed by atoms with Gasteiger partial charge in [-0.25, -0.2) is 0 Å². The zero-order chi connectivity index (χ0) is 26.0. The number of nitrogens with zero attached hydrogens (tertiary/aromatic N) is 4. The third-order valence-electron chi connectivity index (χ3n) is 7.18. The van der Waals surface area contributed by atoms with Gasteiger partial charge in [0.1, 0.15) is 11.1 Å². The second kappa shape index (κ2) is 11.1. The number of hydrogen-bond acceptors (Lipinski definition) is 6. The topological polar surface area (TPSA) is 83.6 Å². The summed E-state index contributed by atoms with van der Waals surface area (Å²) in [4.78, 5) is 14.1. The van der Waals surface area contributed by atoms with Crippen molar-refractivity contribution >= 4 is 57.2 Å². The number of rotatable bonds is 8. The number of halogens is 2. The highest BCUT2D eigenvalue weighted by Gasteiger charge is 2.34. The smallest absolute Gasteiger partial charge is 0.235 e. The number of benzene rings is 1. The lowest BCUT2D eigenvalue weighted by atomic mass is 9.69. The molecule has 1 N–H and O–H groups in total. The standard InChI is InChI=1S/C26H29Cl2N5OS2/c1-5-26(3,4)15-7-9-17-19(13-29)24(36-21(17)11-15)30-22(34)14-35-25-32-31-23(33(25)6-2)18-10-8-16(27)12-20(18)28/h8,10,12,15H,5-7,9,11,14H2,1-4H3,(H,30,34)/t15-/m0/s1. The number of nitrogens with one attached hydrogen (secondary N) is 1. The second-order valence-electron chi connectivity index (χ2n) is 9.61. The lowest BCUT2D eigenvalue weighted by molar-refractivity contribution is -0.113. The zero-order valence-corrected chi connectivity index (χ0v) is 24.0. The molecule has 1 aliphatic carbocycles. The molecule has 1 atom stereocenters. The first-order chi connectivity index (χ1) is 17.2. The lowest BCUT2D eigenvalue weighted by Gasteiger charge is -2.36. The third kappa shape index (κ3) is 5.45. The summed E-state index contributed by atoms with van der Waals surface area (Å²) in [6, 6.07) is 7.59. The quantitative estimate of drug-likeness (QED) is 0.288. The Morgan fingerprint density at radius 3 is 2.78 bits per heavy atom. The van der Waals surface area contributed by atoms with Crippen LogP contribution in [-0.4, -0.2) is 26.4 Å². The number of anilines is 1. The number of fused-ring (bicyclic) bond motifs is 1. The molecule has 1 aromatic carbocycles. The number of thiophene rings is 1. The highest BCUT2D eigenvalue weighted by molar-refractivity contribution is 7.99. The van der Waals surface area contributed by atoms with Gasteiger partial charge in [0, 0.05) is 22.0 Å². The highest BCUT2D eigenvalue weighted by atomic mass is 35.5. The van der Waals surface area contributed by atoms with E-state index in [4.69, 9.17) is 23.2 Å². The van der Waals surface area contributed by atoms with Crippen molar-refractivity contribution in [1.82, 2.24) is 14.8 Å². The fourth-order valence-corrected chi connectivity index (χ4v) is 7.18. The molecule has 0 radical (unpaired) electrons. The Bertz CT molecular complexity index is 1320. The van der Waals surface area contributed by atoms with Crippen LogP contribution in [0.15, 0.2) is 23.4 Å². The molecule has 1 aliphatic rings. The van der Waals surface area contributed by atoms with Crippen LogP contribution in [0.4, 0.5) is 5.00 Å². The number of carbonyl (C=O) groups excluding carboxylic acids is 1. The molecule has 0 unspecified atom stereocenters. The van der Waals surface area contributed by atoms with E-state index in [9.17, 15) is 10.1 Å². The molecule has 2 heterocycles. The molecule has 6 nitrogen and oxygen atoms in total. The van der Waals surface area contributed by atoms with Crippen molar-refractivity contribution in [2.45, 2.75) is 65.1 Å². The monoisotopic (exact) mass is 561 g/mol. The van der Waals surface area contributed by atoms with Crippen LogP contribution in [0.2, 0.25) is 10.0 Å². The van der Waals surface area contributed by atoms with Gasteiger partial charge >= 0.3 is 0 Å². The molecule has 3 aromatic rings. The average molecular weight is 563 g/mol. The maximum absolute atomic E-state index is 12.9. The Labute approximate surface area is 230 Å². The van der Waals surface area contributed by atoms with E-state index in [0.29, 0.717) is 44.1 Å². The van der Waals surface area contributed by atoms with Crippen molar-refractivity contribution < 1.29 is 4.79 Å². The number of thioether (sulfide) groups is 1. The summed E-state index contributed by atoms with van der Waals surface area (Å²) in [7, 11) is 0. The Morgan fingerprint density at radius 1 is 1.33 bits per heavy atom. The van der Waals surface area contributed by atoms with Crippen LogP contribution in [0.3, 0.4) is 0 Å². The van der Waals surface area contributed by atoms with Gasteiger partial charge in [-0.15, -0.1) is 21.5 Å². The molecule has 0 bridgehead atoms. The van der Waals surface area contributed by atoms with Crippen LogP contribution in [0.5, 0.6) is 0 Å². The minimum atomic E-state index is -0.169. The molecule has 1 amide bonds. The Hall–Kier alpha value is -2.05. The number of carbonyl (C=O) groups is 1. The molecule has 0 fully saturated rings. The first-order valence-electron chi connectivity index (χ1n) is 12.0. The summed E-state index contributed by atoms with van der Waals surface area (Å²) in [6.45, 7) is 9.49. The Kier molecular flexibility index (Phi) is 8.35. The van der Waals surface area contributed by atoms with Gasteiger partial charge in [0.25, 0.3) is 0 Å². The van der Waals surface area contributed by atoms with Crippen molar-refractivity contribution in [2.24, 2.45) is 11.3 Å². The van der Waals surface area contributed by atoms with Gasteiger partial charge in [-0.05, 0) is 61.3 Å². The van der Waals surface area contributed by atoms with E-state index in [1.807, 2.05) is 17.6 Å². The van der Waals surface area contributed by atoms with Crippen molar-refractivity contribution in [3.63, 3.8) is 0 Å². The third-order valence-corrected chi connectivity index (χ3v) is 9.87. The number of aromatic nitrogens is 3. The molecule has 0 spiro atoms. The molecule has 0 saturated heterocycles. The number of nitriles is 1. The number of amides is 1. The van der Waals surface area contributed by atoms with Gasteiger partial charge in [0.05, 0.1) is 16.3 Å².